The molecule has 1 aromatic carbocycles. The summed E-state index contributed by atoms with van der Waals surface area (Å²) in [7, 11) is 0. The van der Waals surface area contributed by atoms with Gasteiger partial charge in [-0.3, -0.25) is 4.79 Å². The van der Waals surface area contributed by atoms with Crippen molar-refractivity contribution in [3.05, 3.63) is 35.4 Å². The number of hydrogen-bond acceptors (Lipinski definition) is 1. The van der Waals surface area contributed by atoms with Gasteiger partial charge in [0, 0.05) is 18.7 Å². The number of hydrogen-bond donors (Lipinski definition) is 0. The maximum Gasteiger partial charge on any atom is 0.253 e. The molecule has 0 aliphatic rings. The van der Waals surface area contributed by atoms with E-state index in [-0.39, 0.29) is 5.91 Å². The van der Waals surface area contributed by atoms with Crippen molar-refractivity contribution in [1.82, 2.24) is 4.90 Å². The number of carbonyl (C=O) groups is 1. The molecule has 0 radical (unpaired) electrons. The maximum absolute atomic E-state index is 12.9. The Kier molecular flexibility index (Phi) is 12.1. The normalized spacial score (nSPS) is 10.8. The molecule has 0 bridgehead atoms. The first kappa shape index (κ1) is 21.7. The van der Waals surface area contributed by atoms with E-state index in [1.807, 2.05) is 24.3 Å². The Labute approximate surface area is 156 Å². The average Bonchev–Trinajstić information content (AvgIpc) is 2.62. The smallest absolute Gasteiger partial charge is 0.253 e. The van der Waals surface area contributed by atoms with Crippen LogP contribution in [0.25, 0.3) is 0 Å². The Bertz CT molecular complexity index is 452. The average molecular weight is 346 g/mol. The Morgan fingerprint density at radius 2 is 1.16 bits per heavy atom. The van der Waals surface area contributed by atoms with Crippen molar-refractivity contribution in [1.29, 1.82) is 0 Å². The lowest BCUT2D eigenvalue weighted by atomic mass is 10.1. The van der Waals surface area contributed by atoms with Gasteiger partial charge in [0.15, 0.2) is 0 Å². The van der Waals surface area contributed by atoms with Gasteiger partial charge in [-0.2, -0.15) is 0 Å². The molecule has 0 aromatic heterocycles. The van der Waals surface area contributed by atoms with E-state index in [2.05, 4.69) is 25.7 Å². The van der Waals surface area contributed by atoms with Crippen LogP contribution in [0.3, 0.4) is 0 Å². The highest BCUT2D eigenvalue weighted by Gasteiger charge is 2.14. The number of benzene rings is 1. The second kappa shape index (κ2) is 13.9. The molecule has 0 aliphatic carbocycles. The quantitative estimate of drug-likeness (QED) is 0.341. The monoisotopic (exact) mass is 345 g/mol. The molecule has 0 N–H and O–H groups in total. The van der Waals surface area contributed by atoms with Gasteiger partial charge in [-0.25, -0.2) is 0 Å². The first-order valence-corrected chi connectivity index (χ1v) is 10.5. The van der Waals surface area contributed by atoms with E-state index in [0.717, 1.165) is 31.5 Å². The molecule has 2 heteroatoms. The number of unbranched alkanes of at least 4 members (excludes halogenated alkanes) is 9. The number of rotatable bonds is 14. The van der Waals surface area contributed by atoms with Crippen LogP contribution >= 0.6 is 0 Å². The zero-order valence-corrected chi connectivity index (χ0v) is 16.9. The zero-order valence-electron chi connectivity index (χ0n) is 16.9. The maximum atomic E-state index is 12.9. The summed E-state index contributed by atoms with van der Waals surface area (Å²) in [5.41, 5.74) is 2.05. The summed E-state index contributed by atoms with van der Waals surface area (Å²) in [6, 6.07) is 8.03. The Morgan fingerprint density at radius 3 is 1.64 bits per heavy atom. The molecular weight excluding hydrogens is 306 g/mol. The van der Waals surface area contributed by atoms with Crippen molar-refractivity contribution in [3.8, 4) is 0 Å². The molecule has 0 atom stereocenters. The molecule has 0 fully saturated rings. The summed E-state index contributed by atoms with van der Waals surface area (Å²) < 4.78 is 0. The van der Waals surface area contributed by atoms with Crippen LogP contribution in [0.5, 0.6) is 0 Å². The topological polar surface area (TPSA) is 20.3 Å². The Hall–Kier alpha value is -1.31. The SMILES string of the molecule is CCCCCCCCN(CCCCCCC)C(=O)c1ccc(C)cc1. The van der Waals surface area contributed by atoms with Crippen LogP contribution in [0.1, 0.15) is 100 Å². The summed E-state index contributed by atoms with van der Waals surface area (Å²) in [5, 5.41) is 0. The highest BCUT2D eigenvalue weighted by Crippen LogP contribution is 2.12. The number of amides is 1. The lowest BCUT2D eigenvalue weighted by Gasteiger charge is -2.23. The summed E-state index contributed by atoms with van der Waals surface area (Å²) in [6.45, 7) is 8.38. The van der Waals surface area contributed by atoms with Crippen molar-refractivity contribution < 1.29 is 4.79 Å². The van der Waals surface area contributed by atoms with Crippen molar-refractivity contribution >= 4 is 5.91 Å². The Balaban J connectivity index is 2.48. The number of nitrogens with zero attached hydrogens (tertiary/aromatic N) is 1. The van der Waals surface area contributed by atoms with Crippen LogP contribution < -0.4 is 0 Å². The molecule has 25 heavy (non-hydrogen) atoms. The molecule has 0 aliphatic heterocycles. The van der Waals surface area contributed by atoms with Gasteiger partial charge in [-0.1, -0.05) is 89.3 Å². The molecule has 1 rings (SSSR count). The van der Waals surface area contributed by atoms with Crippen molar-refractivity contribution in [2.45, 2.75) is 91.4 Å². The van der Waals surface area contributed by atoms with E-state index in [9.17, 15) is 4.79 Å². The van der Waals surface area contributed by atoms with Crippen LogP contribution in [-0.4, -0.2) is 23.9 Å². The number of aryl methyl sites for hydroxylation is 1. The minimum Gasteiger partial charge on any atom is -0.339 e. The fraction of sp³-hybridized carbons (Fsp3) is 0.696. The van der Waals surface area contributed by atoms with Gasteiger partial charge in [0.1, 0.15) is 0 Å². The van der Waals surface area contributed by atoms with Gasteiger partial charge in [-0.15, -0.1) is 0 Å². The number of carbonyl (C=O) groups excluding carboxylic acids is 1. The third-order valence-corrected chi connectivity index (χ3v) is 4.90. The largest absolute Gasteiger partial charge is 0.339 e. The van der Waals surface area contributed by atoms with Crippen LogP contribution in [-0.2, 0) is 0 Å². The van der Waals surface area contributed by atoms with E-state index in [1.165, 1.54) is 63.4 Å². The first-order chi connectivity index (χ1) is 12.2. The molecule has 0 heterocycles. The predicted octanol–water partition coefficient (Wildman–Crippen LogP) is 6.77. The molecule has 0 saturated carbocycles. The van der Waals surface area contributed by atoms with E-state index in [1.54, 1.807) is 0 Å². The minimum absolute atomic E-state index is 0.212. The molecule has 0 spiro atoms. The molecule has 2 nitrogen and oxygen atoms in total. The fourth-order valence-electron chi connectivity index (χ4n) is 3.18. The van der Waals surface area contributed by atoms with E-state index < -0.39 is 0 Å². The summed E-state index contributed by atoms with van der Waals surface area (Å²) in [5.74, 6) is 0.212. The summed E-state index contributed by atoms with van der Waals surface area (Å²) in [4.78, 5) is 15.0. The third-order valence-electron chi connectivity index (χ3n) is 4.90. The second-order valence-corrected chi connectivity index (χ2v) is 7.34. The van der Waals surface area contributed by atoms with Gasteiger partial charge in [0.25, 0.3) is 5.91 Å². The minimum atomic E-state index is 0.212. The second-order valence-electron chi connectivity index (χ2n) is 7.34. The molecular formula is C23H39NO. The zero-order chi connectivity index (χ0) is 18.3. The highest BCUT2D eigenvalue weighted by molar-refractivity contribution is 5.94. The van der Waals surface area contributed by atoms with Gasteiger partial charge in [0.2, 0.25) is 0 Å². The highest BCUT2D eigenvalue weighted by atomic mass is 16.2. The summed E-state index contributed by atoms with van der Waals surface area (Å²) >= 11 is 0. The van der Waals surface area contributed by atoms with Crippen molar-refractivity contribution in [2.75, 3.05) is 13.1 Å². The van der Waals surface area contributed by atoms with Crippen LogP contribution in [0.15, 0.2) is 24.3 Å². The van der Waals surface area contributed by atoms with Gasteiger partial charge in [0.05, 0.1) is 0 Å². The standard InChI is InChI=1S/C23H39NO/c1-4-6-8-10-12-14-20-24(19-13-11-9-7-5-2)23(25)22-17-15-21(3)16-18-22/h15-18H,4-14,19-20H2,1-3H3. The molecule has 1 amide bonds. The van der Waals surface area contributed by atoms with Crippen LogP contribution in [0.2, 0.25) is 0 Å². The molecule has 142 valence electrons. The first-order valence-electron chi connectivity index (χ1n) is 10.5. The van der Waals surface area contributed by atoms with E-state index >= 15 is 0 Å². The molecule has 1 aromatic rings. The van der Waals surface area contributed by atoms with Crippen molar-refractivity contribution in [2.24, 2.45) is 0 Å². The molecule has 0 unspecified atom stereocenters. The fourth-order valence-corrected chi connectivity index (χ4v) is 3.18. The molecule has 0 saturated heterocycles. The van der Waals surface area contributed by atoms with Gasteiger partial charge in [-0.05, 0) is 31.9 Å². The van der Waals surface area contributed by atoms with E-state index in [4.69, 9.17) is 0 Å². The van der Waals surface area contributed by atoms with Crippen LogP contribution in [0.4, 0.5) is 0 Å². The van der Waals surface area contributed by atoms with Gasteiger partial charge < -0.3 is 4.90 Å². The van der Waals surface area contributed by atoms with Gasteiger partial charge >= 0.3 is 0 Å². The lowest BCUT2D eigenvalue weighted by Crippen LogP contribution is -2.33. The lowest BCUT2D eigenvalue weighted by molar-refractivity contribution is 0.0749. The predicted molar refractivity (Wildman–Crippen MR) is 109 cm³/mol. The Morgan fingerprint density at radius 1 is 0.720 bits per heavy atom. The van der Waals surface area contributed by atoms with E-state index in [0.29, 0.717) is 0 Å². The van der Waals surface area contributed by atoms with Crippen LogP contribution in [0, 0.1) is 6.92 Å². The summed E-state index contributed by atoms with van der Waals surface area (Å²) in [6.07, 6.45) is 13.9. The third kappa shape index (κ3) is 9.67. The van der Waals surface area contributed by atoms with Crippen molar-refractivity contribution in [3.63, 3.8) is 0 Å².